The van der Waals surface area contributed by atoms with Gasteiger partial charge in [0, 0.05) is 26.7 Å². The molecule has 1 rings (SSSR count). The van der Waals surface area contributed by atoms with Crippen LogP contribution in [0.15, 0.2) is 0 Å². The minimum atomic E-state index is -0.198. The van der Waals surface area contributed by atoms with E-state index >= 15 is 0 Å². The van der Waals surface area contributed by atoms with E-state index in [-0.39, 0.29) is 5.60 Å². The molecule has 1 saturated heterocycles. The van der Waals surface area contributed by atoms with E-state index in [1.807, 2.05) is 6.07 Å². The fourth-order valence-corrected chi connectivity index (χ4v) is 1.31. The van der Waals surface area contributed by atoms with Crippen LogP contribution in [0.2, 0.25) is 0 Å². The second kappa shape index (κ2) is 4.41. The lowest BCUT2D eigenvalue weighted by molar-refractivity contribution is -0.0150. The molecule has 0 radical (unpaired) electrons. The molecular formula is C8H14N2O2. The minimum Gasteiger partial charge on any atom is -0.378 e. The molecule has 1 fully saturated rings. The Morgan fingerprint density at radius 3 is 3.08 bits per heavy atom. The van der Waals surface area contributed by atoms with Crippen molar-refractivity contribution in [2.24, 2.45) is 0 Å². The summed E-state index contributed by atoms with van der Waals surface area (Å²) in [5, 5.41) is 11.3. The third-order valence-electron chi connectivity index (χ3n) is 2.15. The van der Waals surface area contributed by atoms with Gasteiger partial charge >= 0.3 is 0 Å². The Balaban J connectivity index is 2.30. The summed E-state index contributed by atoms with van der Waals surface area (Å²) in [4.78, 5) is 0. The highest BCUT2D eigenvalue weighted by molar-refractivity contribution is 4.88. The first kappa shape index (κ1) is 9.46. The third-order valence-corrected chi connectivity index (χ3v) is 2.15. The molecule has 1 aliphatic heterocycles. The number of hydrogen-bond donors (Lipinski definition) is 1. The van der Waals surface area contributed by atoms with E-state index < -0.39 is 0 Å². The van der Waals surface area contributed by atoms with Gasteiger partial charge in [-0.2, -0.15) is 5.26 Å². The quantitative estimate of drug-likeness (QED) is 0.473. The Bertz CT molecular complexity index is 170. The first-order valence-corrected chi connectivity index (χ1v) is 4.03. The SMILES string of the molecule is COC1(CNCC#N)CCOC1. The van der Waals surface area contributed by atoms with Crippen molar-refractivity contribution in [3.05, 3.63) is 0 Å². The number of nitriles is 1. The second-order valence-electron chi connectivity index (χ2n) is 2.95. The van der Waals surface area contributed by atoms with E-state index in [2.05, 4.69) is 5.32 Å². The van der Waals surface area contributed by atoms with Crippen LogP contribution in [0.4, 0.5) is 0 Å². The summed E-state index contributed by atoms with van der Waals surface area (Å²) >= 11 is 0. The maximum atomic E-state index is 8.31. The maximum Gasteiger partial charge on any atom is 0.106 e. The van der Waals surface area contributed by atoms with Crippen LogP contribution in [-0.4, -0.2) is 39.0 Å². The Kier molecular flexibility index (Phi) is 3.48. The van der Waals surface area contributed by atoms with Crippen LogP contribution in [0.5, 0.6) is 0 Å². The molecule has 1 aliphatic rings. The van der Waals surface area contributed by atoms with Gasteiger partial charge in [-0.05, 0) is 0 Å². The fourth-order valence-electron chi connectivity index (χ4n) is 1.31. The van der Waals surface area contributed by atoms with Crippen molar-refractivity contribution in [3.63, 3.8) is 0 Å². The monoisotopic (exact) mass is 170 g/mol. The number of rotatable bonds is 4. The van der Waals surface area contributed by atoms with Gasteiger partial charge in [0.1, 0.15) is 5.60 Å². The van der Waals surface area contributed by atoms with Gasteiger partial charge < -0.3 is 14.8 Å². The first-order chi connectivity index (χ1) is 5.83. The summed E-state index contributed by atoms with van der Waals surface area (Å²) in [7, 11) is 1.68. The molecule has 0 aromatic rings. The lowest BCUT2D eigenvalue weighted by Crippen LogP contribution is -2.43. The largest absolute Gasteiger partial charge is 0.378 e. The Hall–Kier alpha value is -0.630. The Labute approximate surface area is 72.5 Å². The van der Waals surface area contributed by atoms with Crippen LogP contribution in [0.1, 0.15) is 6.42 Å². The summed E-state index contributed by atoms with van der Waals surface area (Å²) in [6, 6.07) is 2.03. The van der Waals surface area contributed by atoms with Crippen molar-refractivity contribution in [2.45, 2.75) is 12.0 Å². The van der Waals surface area contributed by atoms with Crippen molar-refractivity contribution >= 4 is 0 Å². The highest BCUT2D eigenvalue weighted by atomic mass is 16.5. The molecule has 0 saturated carbocycles. The zero-order valence-electron chi connectivity index (χ0n) is 7.30. The second-order valence-corrected chi connectivity index (χ2v) is 2.95. The lowest BCUT2D eigenvalue weighted by atomic mass is 10.0. The first-order valence-electron chi connectivity index (χ1n) is 4.03. The van der Waals surface area contributed by atoms with Gasteiger partial charge in [-0.3, -0.25) is 0 Å². The van der Waals surface area contributed by atoms with Gasteiger partial charge in [0.2, 0.25) is 0 Å². The van der Waals surface area contributed by atoms with E-state index in [9.17, 15) is 0 Å². The summed E-state index contributed by atoms with van der Waals surface area (Å²) in [6.07, 6.45) is 0.905. The van der Waals surface area contributed by atoms with E-state index in [1.54, 1.807) is 7.11 Å². The topological polar surface area (TPSA) is 54.3 Å². The van der Waals surface area contributed by atoms with Gasteiger partial charge in [-0.25, -0.2) is 0 Å². The predicted molar refractivity (Wildman–Crippen MR) is 43.7 cm³/mol. The predicted octanol–water partition coefficient (Wildman–Crippen LogP) is -0.0949. The van der Waals surface area contributed by atoms with E-state index in [4.69, 9.17) is 14.7 Å². The normalized spacial score (nSPS) is 28.7. The van der Waals surface area contributed by atoms with Crippen molar-refractivity contribution in [1.82, 2.24) is 5.32 Å². The average Bonchev–Trinajstić information content (AvgIpc) is 2.55. The Morgan fingerprint density at radius 2 is 2.58 bits per heavy atom. The van der Waals surface area contributed by atoms with Crippen LogP contribution in [0.3, 0.4) is 0 Å². The molecule has 0 spiro atoms. The summed E-state index contributed by atoms with van der Waals surface area (Å²) < 4.78 is 10.6. The molecule has 4 heteroatoms. The van der Waals surface area contributed by atoms with E-state index in [0.29, 0.717) is 19.7 Å². The van der Waals surface area contributed by atoms with Crippen LogP contribution < -0.4 is 5.32 Å². The van der Waals surface area contributed by atoms with Gasteiger partial charge in [-0.1, -0.05) is 0 Å². The van der Waals surface area contributed by atoms with Gasteiger partial charge in [-0.15, -0.1) is 0 Å². The third kappa shape index (κ3) is 2.18. The summed E-state index contributed by atoms with van der Waals surface area (Å²) in [5.41, 5.74) is -0.198. The van der Waals surface area contributed by atoms with Gasteiger partial charge in [0.05, 0.1) is 19.2 Å². The van der Waals surface area contributed by atoms with Crippen LogP contribution in [0.25, 0.3) is 0 Å². The molecule has 1 unspecified atom stereocenters. The minimum absolute atomic E-state index is 0.198. The molecule has 1 heterocycles. The molecule has 0 aromatic carbocycles. The maximum absolute atomic E-state index is 8.31. The smallest absolute Gasteiger partial charge is 0.106 e. The molecule has 0 aliphatic carbocycles. The number of nitrogens with one attached hydrogen (secondary N) is 1. The number of nitrogens with zero attached hydrogens (tertiary/aromatic N) is 1. The van der Waals surface area contributed by atoms with Crippen molar-refractivity contribution in [2.75, 3.05) is 33.4 Å². The highest BCUT2D eigenvalue weighted by Gasteiger charge is 2.34. The lowest BCUT2D eigenvalue weighted by Gasteiger charge is -2.25. The molecule has 1 atom stereocenters. The average molecular weight is 170 g/mol. The number of hydrogen-bond acceptors (Lipinski definition) is 4. The zero-order chi connectivity index (χ0) is 8.86. The molecule has 0 bridgehead atoms. The van der Waals surface area contributed by atoms with E-state index in [0.717, 1.165) is 13.0 Å². The molecule has 1 N–H and O–H groups in total. The van der Waals surface area contributed by atoms with Crippen LogP contribution >= 0.6 is 0 Å². The van der Waals surface area contributed by atoms with Gasteiger partial charge in [0.15, 0.2) is 0 Å². The summed E-state index contributed by atoms with van der Waals surface area (Å²) in [6.45, 7) is 2.44. The van der Waals surface area contributed by atoms with Gasteiger partial charge in [0.25, 0.3) is 0 Å². The molecule has 0 amide bonds. The van der Waals surface area contributed by atoms with Crippen molar-refractivity contribution in [1.29, 1.82) is 5.26 Å². The van der Waals surface area contributed by atoms with Crippen molar-refractivity contribution in [3.8, 4) is 6.07 Å². The van der Waals surface area contributed by atoms with E-state index in [1.165, 1.54) is 0 Å². The van der Waals surface area contributed by atoms with Crippen LogP contribution in [-0.2, 0) is 9.47 Å². The molecule has 12 heavy (non-hydrogen) atoms. The zero-order valence-corrected chi connectivity index (χ0v) is 7.30. The summed E-state index contributed by atoms with van der Waals surface area (Å²) in [5.74, 6) is 0. The number of methoxy groups -OCH3 is 1. The van der Waals surface area contributed by atoms with Crippen LogP contribution in [0, 0.1) is 11.3 Å². The Morgan fingerprint density at radius 1 is 1.75 bits per heavy atom. The fraction of sp³-hybridized carbons (Fsp3) is 0.875. The number of ether oxygens (including phenoxy) is 2. The highest BCUT2D eigenvalue weighted by Crippen LogP contribution is 2.21. The van der Waals surface area contributed by atoms with Crippen molar-refractivity contribution < 1.29 is 9.47 Å². The standard InChI is InChI=1S/C8H14N2O2/c1-11-8(2-5-12-7-8)6-10-4-3-9/h10H,2,4-7H2,1H3. The molecule has 0 aromatic heterocycles. The molecule has 68 valence electrons. The molecule has 4 nitrogen and oxygen atoms in total. The molecular weight excluding hydrogens is 156 g/mol.